The highest BCUT2D eigenvalue weighted by atomic mass is 16.6. The third-order valence-corrected chi connectivity index (χ3v) is 6.64. The van der Waals surface area contributed by atoms with Crippen LogP contribution in [0.3, 0.4) is 0 Å². The number of aliphatic hydroxyl groups excluding tert-OH is 1. The lowest BCUT2D eigenvalue weighted by Crippen LogP contribution is -2.56. The van der Waals surface area contributed by atoms with Crippen molar-refractivity contribution >= 4 is 23.9 Å². The minimum absolute atomic E-state index is 0.0170. The fraction of sp³-hybridized carbons (Fsp3) is 0.548. The molecular formula is C31H43N5O7. The van der Waals surface area contributed by atoms with Crippen molar-refractivity contribution in [3.05, 3.63) is 47.8 Å². The molecule has 1 fully saturated rings. The van der Waals surface area contributed by atoms with E-state index >= 15 is 0 Å². The maximum atomic E-state index is 13.7. The first-order valence-corrected chi connectivity index (χ1v) is 14.7. The van der Waals surface area contributed by atoms with Gasteiger partial charge in [-0.3, -0.25) is 14.4 Å². The van der Waals surface area contributed by atoms with Gasteiger partial charge in [0.2, 0.25) is 5.91 Å². The standard InChI is InChI=1S/C31H43N5O7/c1-6-42-30(41)36-18-16-35(17-19-36)29(40)24(14-15-26(38)43-31(3,4)5)34-28(39)25-20-23(13-12-21(2)37)32-27(33-25)22-10-8-7-9-11-22/h7-11,20-21,24,37H,6,12-19H2,1-5H3,(H,34,39)/t21-,24?/m0/s1. The highest BCUT2D eigenvalue weighted by Gasteiger charge is 2.32. The van der Waals surface area contributed by atoms with Gasteiger partial charge in [0, 0.05) is 43.9 Å². The van der Waals surface area contributed by atoms with Crippen molar-refractivity contribution in [1.29, 1.82) is 0 Å². The third-order valence-electron chi connectivity index (χ3n) is 6.64. The van der Waals surface area contributed by atoms with Crippen LogP contribution < -0.4 is 5.32 Å². The molecular weight excluding hydrogens is 554 g/mol. The predicted molar refractivity (Wildman–Crippen MR) is 159 cm³/mol. The van der Waals surface area contributed by atoms with E-state index in [1.165, 1.54) is 4.90 Å². The second kappa shape index (κ2) is 15.4. The Bertz CT molecular complexity index is 1250. The molecule has 3 amide bonds. The molecule has 0 radical (unpaired) electrons. The van der Waals surface area contributed by atoms with Crippen LogP contribution in [0.4, 0.5) is 4.79 Å². The number of ether oxygens (including phenoxy) is 2. The van der Waals surface area contributed by atoms with Crippen molar-refractivity contribution in [2.75, 3.05) is 32.8 Å². The van der Waals surface area contributed by atoms with E-state index in [1.54, 1.807) is 45.6 Å². The van der Waals surface area contributed by atoms with Crippen molar-refractivity contribution in [1.82, 2.24) is 25.1 Å². The molecule has 2 heterocycles. The van der Waals surface area contributed by atoms with E-state index in [4.69, 9.17) is 9.47 Å². The van der Waals surface area contributed by atoms with Crippen LogP contribution in [0.5, 0.6) is 0 Å². The smallest absolute Gasteiger partial charge is 0.409 e. The summed E-state index contributed by atoms with van der Waals surface area (Å²) in [5.74, 6) is -1.10. The van der Waals surface area contributed by atoms with Crippen molar-refractivity contribution in [3.63, 3.8) is 0 Å². The number of amides is 3. The molecule has 0 bridgehead atoms. The number of aryl methyl sites for hydroxylation is 1. The van der Waals surface area contributed by atoms with E-state index in [0.717, 1.165) is 0 Å². The summed E-state index contributed by atoms with van der Waals surface area (Å²) in [5, 5.41) is 12.6. The normalized spacial score (nSPS) is 14.9. The molecule has 2 aromatic rings. The molecule has 234 valence electrons. The second-order valence-electron chi connectivity index (χ2n) is 11.5. The van der Waals surface area contributed by atoms with Crippen LogP contribution in [0.25, 0.3) is 11.4 Å². The van der Waals surface area contributed by atoms with Crippen LogP contribution in [0.1, 0.15) is 70.1 Å². The van der Waals surface area contributed by atoms with Gasteiger partial charge in [0.05, 0.1) is 12.7 Å². The minimum Gasteiger partial charge on any atom is -0.460 e. The lowest BCUT2D eigenvalue weighted by molar-refractivity contribution is -0.155. The van der Waals surface area contributed by atoms with Gasteiger partial charge in [-0.2, -0.15) is 0 Å². The van der Waals surface area contributed by atoms with Gasteiger partial charge in [-0.15, -0.1) is 0 Å². The molecule has 3 rings (SSSR count). The number of carbonyl (C=O) groups is 4. The van der Waals surface area contributed by atoms with Crippen molar-refractivity contribution < 1.29 is 33.8 Å². The highest BCUT2D eigenvalue weighted by Crippen LogP contribution is 2.18. The molecule has 43 heavy (non-hydrogen) atoms. The monoisotopic (exact) mass is 597 g/mol. The van der Waals surface area contributed by atoms with E-state index in [-0.39, 0.29) is 57.2 Å². The lowest BCUT2D eigenvalue weighted by Gasteiger charge is -2.36. The average Bonchev–Trinajstić information content (AvgIpc) is 2.97. The molecule has 2 atom stereocenters. The van der Waals surface area contributed by atoms with Crippen LogP contribution in [0.2, 0.25) is 0 Å². The summed E-state index contributed by atoms with van der Waals surface area (Å²) in [6.07, 6.45) is -0.189. The summed E-state index contributed by atoms with van der Waals surface area (Å²) < 4.78 is 10.5. The molecule has 1 aliphatic rings. The molecule has 12 heteroatoms. The molecule has 0 spiro atoms. The number of carbonyl (C=O) groups excluding carboxylic acids is 4. The maximum Gasteiger partial charge on any atom is 0.409 e. The van der Waals surface area contributed by atoms with E-state index < -0.39 is 35.7 Å². The number of hydrogen-bond donors (Lipinski definition) is 2. The number of esters is 1. The summed E-state index contributed by atoms with van der Waals surface area (Å²) >= 11 is 0. The van der Waals surface area contributed by atoms with Crippen molar-refractivity contribution in [2.24, 2.45) is 0 Å². The summed E-state index contributed by atoms with van der Waals surface area (Å²) in [7, 11) is 0. The first-order valence-electron chi connectivity index (χ1n) is 14.7. The number of hydrogen-bond acceptors (Lipinski definition) is 9. The SMILES string of the molecule is CCOC(=O)N1CCN(C(=O)C(CCC(=O)OC(C)(C)C)NC(=O)c2cc(CC[C@H](C)O)nc(-c3ccccc3)n2)CC1. The summed E-state index contributed by atoms with van der Waals surface area (Å²) in [5.41, 5.74) is 0.663. The highest BCUT2D eigenvalue weighted by molar-refractivity contribution is 5.96. The number of nitrogens with one attached hydrogen (secondary N) is 1. The van der Waals surface area contributed by atoms with Crippen LogP contribution in [-0.2, 0) is 25.5 Å². The topological polar surface area (TPSA) is 151 Å². The van der Waals surface area contributed by atoms with Crippen LogP contribution in [0, 0.1) is 0 Å². The summed E-state index contributed by atoms with van der Waals surface area (Å²) in [4.78, 5) is 64.1. The van der Waals surface area contributed by atoms with Gasteiger partial charge in [-0.25, -0.2) is 14.8 Å². The zero-order chi connectivity index (χ0) is 31.6. The minimum atomic E-state index is -1.04. The zero-order valence-corrected chi connectivity index (χ0v) is 25.7. The fourth-order valence-electron chi connectivity index (χ4n) is 4.50. The summed E-state index contributed by atoms with van der Waals surface area (Å²) in [6, 6.07) is 9.73. The number of benzene rings is 1. The van der Waals surface area contributed by atoms with Gasteiger partial charge in [0.15, 0.2) is 5.82 Å². The number of rotatable bonds is 11. The molecule has 1 aromatic carbocycles. The number of aromatic nitrogens is 2. The first-order chi connectivity index (χ1) is 20.4. The largest absolute Gasteiger partial charge is 0.460 e. The molecule has 2 N–H and O–H groups in total. The molecule has 0 saturated carbocycles. The Labute approximate surface area is 252 Å². The van der Waals surface area contributed by atoms with Gasteiger partial charge in [0.1, 0.15) is 17.3 Å². The molecule has 1 aliphatic heterocycles. The quantitative estimate of drug-likeness (QED) is 0.373. The Morgan fingerprint density at radius 3 is 2.26 bits per heavy atom. The van der Waals surface area contributed by atoms with Gasteiger partial charge in [-0.1, -0.05) is 30.3 Å². The number of aliphatic hydroxyl groups is 1. The first kappa shape index (κ1) is 33.4. The van der Waals surface area contributed by atoms with E-state index in [0.29, 0.717) is 29.9 Å². The second-order valence-corrected chi connectivity index (χ2v) is 11.5. The average molecular weight is 598 g/mol. The predicted octanol–water partition coefficient (Wildman–Crippen LogP) is 2.98. The van der Waals surface area contributed by atoms with Crippen LogP contribution >= 0.6 is 0 Å². The third kappa shape index (κ3) is 10.6. The molecule has 1 aromatic heterocycles. The lowest BCUT2D eigenvalue weighted by atomic mass is 10.1. The van der Waals surface area contributed by atoms with Gasteiger partial charge in [0.25, 0.3) is 5.91 Å². The Kier molecular flexibility index (Phi) is 12.0. The van der Waals surface area contributed by atoms with Gasteiger partial charge in [-0.05, 0) is 59.9 Å². The van der Waals surface area contributed by atoms with E-state index in [9.17, 15) is 24.3 Å². The van der Waals surface area contributed by atoms with E-state index in [2.05, 4.69) is 15.3 Å². The molecule has 1 unspecified atom stereocenters. The zero-order valence-electron chi connectivity index (χ0n) is 25.7. The summed E-state index contributed by atoms with van der Waals surface area (Å²) in [6.45, 7) is 10.0. The van der Waals surface area contributed by atoms with Crippen molar-refractivity contribution in [3.8, 4) is 11.4 Å². The number of piperazine rings is 1. The Morgan fingerprint density at radius 2 is 1.65 bits per heavy atom. The van der Waals surface area contributed by atoms with Crippen LogP contribution in [0.15, 0.2) is 36.4 Å². The van der Waals surface area contributed by atoms with Gasteiger partial charge < -0.3 is 29.7 Å². The Hall–Kier alpha value is -4.06. The fourth-order valence-corrected chi connectivity index (χ4v) is 4.50. The molecule has 12 nitrogen and oxygen atoms in total. The van der Waals surface area contributed by atoms with Crippen molar-refractivity contribution in [2.45, 2.75) is 78.0 Å². The van der Waals surface area contributed by atoms with Gasteiger partial charge >= 0.3 is 12.1 Å². The van der Waals surface area contributed by atoms with E-state index in [1.807, 2.05) is 30.3 Å². The molecule has 0 aliphatic carbocycles. The number of nitrogens with zero attached hydrogens (tertiary/aromatic N) is 4. The Balaban J connectivity index is 1.83. The molecule has 1 saturated heterocycles. The van der Waals surface area contributed by atoms with Crippen LogP contribution in [-0.4, -0.2) is 99.3 Å². The maximum absolute atomic E-state index is 13.7. The Morgan fingerprint density at radius 1 is 1.00 bits per heavy atom.